The fraction of sp³-hybridized carbons (Fsp3) is 0.333. The number of nitrogens with one attached hydrogen (secondary N) is 4. The highest BCUT2D eigenvalue weighted by molar-refractivity contribution is 6.30. The fourth-order valence-electron chi connectivity index (χ4n) is 4.07. The molecule has 3 heterocycles. The van der Waals surface area contributed by atoms with E-state index >= 15 is 0 Å². The van der Waals surface area contributed by atoms with E-state index < -0.39 is 0 Å². The molecule has 11 heteroatoms. The number of piperidine rings is 1. The van der Waals surface area contributed by atoms with Crippen LogP contribution in [0.25, 0.3) is 0 Å². The van der Waals surface area contributed by atoms with Crippen molar-refractivity contribution < 1.29 is 14.3 Å². The molecule has 3 aromatic rings. The van der Waals surface area contributed by atoms with Gasteiger partial charge in [0.2, 0.25) is 5.91 Å². The van der Waals surface area contributed by atoms with E-state index in [9.17, 15) is 9.59 Å². The highest BCUT2D eigenvalue weighted by atomic mass is 35.5. The number of anilines is 1. The average Bonchev–Trinajstić information content (AvgIpc) is 3.39. The number of H-pyrrole nitrogens is 1. The molecule has 0 saturated carbocycles. The molecular weight excluding hydrogens is 470 g/mol. The van der Waals surface area contributed by atoms with Gasteiger partial charge in [-0.05, 0) is 42.8 Å². The summed E-state index contributed by atoms with van der Waals surface area (Å²) in [7, 11) is 1.59. The van der Waals surface area contributed by atoms with Crippen molar-refractivity contribution in [3.63, 3.8) is 0 Å². The summed E-state index contributed by atoms with van der Waals surface area (Å²) in [6.45, 7) is 1.91. The Morgan fingerprint density at radius 3 is 2.71 bits per heavy atom. The Morgan fingerprint density at radius 2 is 2.03 bits per heavy atom. The monoisotopic (exact) mass is 497 g/mol. The number of halogens is 1. The van der Waals surface area contributed by atoms with Gasteiger partial charge >= 0.3 is 6.03 Å². The van der Waals surface area contributed by atoms with Gasteiger partial charge in [0.15, 0.2) is 0 Å². The number of benzene rings is 1. The molecule has 10 nitrogen and oxygen atoms in total. The number of pyridine rings is 1. The molecule has 1 fully saturated rings. The predicted octanol–water partition coefficient (Wildman–Crippen LogP) is 2.76. The summed E-state index contributed by atoms with van der Waals surface area (Å²) in [5.74, 6) is 0.483. The van der Waals surface area contributed by atoms with Crippen molar-refractivity contribution in [1.29, 1.82) is 0 Å². The maximum atomic E-state index is 12.7. The van der Waals surface area contributed by atoms with E-state index in [0.29, 0.717) is 42.5 Å². The molecule has 0 bridgehead atoms. The van der Waals surface area contributed by atoms with Gasteiger partial charge in [0.25, 0.3) is 0 Å². The molecule has 0 radical (unpaired) electrons. The minimum absolute atomic E-state index is 0.0699. The molecule has 2 atom stereocenters. The molecule has 2 aromatic heterocycles. The molecule has 0 aliphatic carbocycles. The first-order chi connectivity index (χ1) is 17.0. The van der Waals surface area contributed by atoms with Crippen molar-refractivity contribution >= 4 is 29.2 Å². The summed E-state index contributed by atoms with van der Waals surface area (Å²) in [5.41, 5.74) is 2.39. The molecule has 35 heavy (non-hydrogen) atoms. The van der Waals surface area contributed by atoms with E-state index in [2.05, 4.69) is 36.0 Å². The lowest BCUT2D eigenvalue weighted by molar-refractivity contribution is -0.122. The second-order valence-corrected chi connectivity index (χ2v) is 8.78. The molecule has 1 saturated heterocycles. The van der Waals surface area contributed by atoms with Gasteiger partial charge in [0.1, 0.15) is 5.75 Å². The maximum absolute atomic E-state index is 12.7. The summed E-state index contributed by atoms with van der Waals surface area (Å²) < 4.78 is 5.23. The zero-order valence-electron chi connectivity index (χ0n) is 19.3. The first-order valence-electron chi connectivity index (χ1n) is 11.3. The van der Waals surface area contributed by atoms with Gasteiger partial charge < -0.3 is 20.7 Å². The topological polar surface area (TPSA) is 124 Å². The number of urea groups is 1. The lowest BCUT2D eigenvalue weighted by Crippen LogP contribution is -2.52. The van der Waals surface area contributed by atoms with Gasteiger partial charge in [-0.15, -0.1) is 0 Å². The first-order valence-corrected chi connectivity index (χ1v) is 11.7. The van der Waals surface area contributed by atoms with E-state index in [-0.39, 0.29) is 30.4 Å². The molecule has 1 aliphatic heterocycles. The average molecular weight is 498 g/mol. The second kappa shape index (κ2) is 11.7. The van der Waals surface area contributed by atoms with Gasteiger partial charge in [-0.25, -0.2) is 4.79 Å². The Morgan fingerprint density at radius 1 is 1.20 bits per heavy atom. The standard InChI is InChI=1S/C24H28ClN7O3/c1-35-19-6-7-21(26-13-19)20-14-32(15-23(33)27-10-16-11-28-29-12-16)9-8-22(20)31-24(34)30-18-4-2-17(25)3-5-18/h2-7,11-13,20,22H,8-10,14-15H2,1H3,(H,27,33)(H,28,29)(H2,30,31,34). The normalized spacial score (nSPS) is 18.0. The zero-order valence-corrected chi connectivity index (χ0v) is 20.1. The van der Waals surface area contributed by atoms with Gasteiger partial charge in [0.05, 0.1) is 26.0 Å². The molecule has 1 aromatic carbocycles. The molecule has 4 rings (SSSR count). The molecule has 184 valence electrons. The number of ether oxygens (including phenoxy) is 1. The summed E-state index contributed by atoms with van der Waals surface area (Å²) in [6.07, 6.45) is 5.76. The number of hydrogen-bond acceptors (Lipinski definition) is 6. The summed E-state index contributed by atoms with van der Waals surface area (Å²) >= 11 is 5.93. The lowest BCUT2D eigenvalue weighted by Gasteiger charge is -2.38. The van der Waals surface area contributed by atoms with E-state index in [0.717, 1.165) is 11.3 Å². The number of amides is 3. The van der Waals surface area contributed by atoms with Crippen molar-refractivity contribution in [2.75, 3.05) is 32.1 Å². The molecular formula is C24H28ClN7O3. The Labute approximate surface area is 208 Å². The van der Waals surface area contributed by atoms with Crippen molar-refractivity contribution in [3.8, 4) is 5.75 Å². The van der Waals surface area contributed by atoms with Crippen molar-refractivity contribution in [2.45, 2.75) is 24.9 Å². The number of hydrogen-bond donors (Lipinski definition) is 4. The number of aromatic amines is 1. The van der Waals surface area contributed by atoms with Gasteiger partial charge in [-0.1, -0.05) is 11.6 Å². The SMILES string of the molecule is COc1ccc(C2CN(CC(=O)NCc3cn[nH]c3)CCC2NC(=O)Nc2ccc(Cl)cc2)nc1. The third kappa shape index (κ3) is 6.93. The zero-order chi connectivity index (χ0) is 24.6. The molecule has 4 N–H and O–H groups in total. The van der Waals surface area contributed by atoms with Crippen LogP contribution < -0.4 is 20.7 Å². The number of likely N-dealkylation sites (tertiary alicyclic amines) is 1. The lowest BCUT2D eigenvalue weighted by atomic mass is 9.88. The van der Waals surface area contributed by atoms with Crippen molar-refractivity contribution in [1.82, 2.24) is 30.7 Å². The Hall–Kier alpha value is -3.63. The predicted molar refractivity (Wildman–Crippen MR) is 132 cm³/mol. The first kappa shape index (κ1) is 24.5. The minimum atomic E-state index is -0.304. The quantitative estimate of drug-likeness (QED) is 0.379. The van der Waals surface area contributed by atoms with E-state index in [1.54, 1.807) is 50.0 Å². The van der Waals surface area contributed by atoms with Crippen LogP contribution in [0.4, 0.5) is 10.5 Å². The van der Waals surface area contributed by atoms with Crippen LogP contribution in [0.5, 0.6) is 5.75 Å². The third-order valence-electron chi connectivity index (χ3n) is 5.90. The van der Waals surface area contributed by atoms with Gasteiger partial charge in [-0.2, -0.15) is 5.10 Å². The highest BCUT2D eigenvalue weighted by Gasteiger charge is 2.33. The highest BCUT2D eigenvalue weighted by Crippen LogP contribution is 2.27. The van der Waals surface area contributed by atoms with E-state index in [1.807, 2.05) is 12.1 Å². The number of nitrogens with zero attached hydrogens (tertiary/aromatic N) is 3. The molecule has 3 amide bonds. The van der Waals surface area contributed by atoms with Gasteiger partial charge in [-0.3, -0.25) is 19.8 Å². The van der Waals surface area contributed by atoms with Crippen molar-refractivity contribution in [3.05, 3.63) is 71.3 Å². The van der Waals surface area contributed by atoms with Crippen LogP contribution in [0.2, 0.25) is 5.02 Å². The third-order valence-corrected chi connectivity index (χ3v) is 6.15. The van der Waals surface area contributed by atoms with E-state index in [1.165, 1.54) is 0 Å². The smallest absolute Gasteiger partial charge is 0.319 e. The van der Waals surface area contributed by atoms with Crippen LogP contribution in [-0.2, 0) is 11.3 Å². The van der Waals surface area contributed by atoms with Crippen LogP contribution in [-0.4, -0.2) is 64.8 Å². The van der Waals surface area contributed by atoms with Gasteiger partial charge in [0, 0.05) is 59.8 Å². The van der Waals surface area contributed by atoms with Crippen LogP contribution in [0.1, 0.15) is 23.6 Å². The number of carbonyl (C=O) groups is 2. The Kier molecular flexibility index (Phi) is 8.17. The molecule has 1 aliphatic rings. The summed E-state index contributed by atoms with van der Waals surface area (Å²) in [5, 5.41) is 16.1. The largest absolute Gasteiger partial charge is 0.495 e. The van der Waals surface area contributed by atoms with Crippen LogP contribution in [0.3, 0.4) is 0 Å². The summed E-state index contributed by atoms with van der Waals surface area (Å²) in [6, 6.07) is 10.2. The minimum Gasteiger partial charge on any atom is -0.495 e. The maximum Gasteiger partial charge on any atom is 0.319 e. The molecule has 0 spiro atoms. The van der Waals surface area contributed by atoms with E-state index in [4.69, 9.17) is 16.3 Å². The number of methoxy groups -OCH3 is 1. The Balaban J connectivity index is 1.40. The Bertz CT molecular complexity index is 1110. The van der Waals surface area contributed by atoms with Crippen LogP contribution >= 0.6 is 11.6 Å². The number of aromatic nitrogens is 3. The van der Waals surface area contributed by atoms with Crippen LogP contribution in [0.15, 0.2) is 55.0 Å². The van der Waals surface area contributed by atoms with Crippen molar-refractivity contribution in [2.24, 2.45) is 0 Å². The number of rotatable bonds is 8. The molecule has 2 unspecified atom stereocenters. The summed E-state index contributed by atoms with van der Waals surface area (Å²) in [4.78, 5) is 31.9. The van der Waals surface area contributed by atoms with Crippen LogP contribution in [0, 0.1) is 0 Å². The second-order valence-electron chi connectivity index (χ2n) is 8.35. The number of carbonyl (C=O) groups excluding carboxylic acids is 2. The fourth-order valence-corrected chi connectivity index (χ4v) is 4.20.